The number of aromatic carboxylic acids is 1. The lowest BCUT2D eigenvalue weighted by molar-refractivity contribution is 0.0696. The van der Waals surface area contributed by atoms with E-state index in [1.807, 2.05) is 13.8 Å². The molecule has 0 radical (unpaired) electrons. The first-order valence-electron chi connectivity index (χ1n) is 5.39. The minimum absolute atomic E-state index is 0.0740. The van der Waals surface area contributed by atoms with E-state index in [0.29, 0.717) is 10.2 Å². The molecule has 0 aliphatic heterocycles. The van der Waals surface area contributed by atoms with E-state index in [9.17, 15) is 9.18 Å². The monoisotopic (exact) mass is 269 g/mol. The molecule has 0 unspecified atom stereocenters. The van der Waals surface area contributed by atoms with Gasteiger partial charge in [-0.3, -0.25) is 0 Å². The molecule has 0 aliphatic rings. The zero-order valence-corrected chi connectivity index (χ0v) is 10.8. The molecule has 18 heavy (non-hydrogen) atoms. The van der Waals surface area contributed by atoms with Crippen LogP contribution in [-0.2, 0) is 0 Å². The molecule has 0 saturated heterocycles. The van der Waals surface area contributed by atoms with E-state index in [1.54, 1.807) is 0 Å². The number of aromatic nitrogens is 1. The molecule has 0 spiro atoms. The van der Waals surface area contributed by atoms with Crippen LogP contribution < -0.4 is 4.74 Å². The average Bonchev–Trinajstić information content (AvgIpc) is 2.73. The molecule has 1 aromatic heterocycles. The predicted octanol–water partition coefficient (Wildman–Crippen LogP) is 3.42. The van der Waals surface area contributed by atoms with Crippen LogP contribution in [0, 0.1) is 0 Å². The highest BCUT2D eigenvalue weighted by molar-refractivity contribution is 7.18. The van der Waals surface area contributed by atoms with Gasteiger partial charge in [-0.15, -0.1) is 11.3 Å². The maximum atomic E-state index is 12.3. The highest BCUT2D eigenvalue weighted by Crippen LogP contribution is 2.34. The summed E-state index contributed by atoms with van der Waals surface area (Å²) < 4.78 is 17.8. The van der Waals surface area contributed by atoms with Gasteiger partial charge in [-0.25, -0.2) is 14.2 Å². The molecule has 0 bridgehead atoms. The van der Waals surface area contributed by atoms with Crippen LogP contribution in [0.1, 0.15) is 35.1 Å². The second-order valence-corrected chi connectivity index (χ2v) is 5.15. The van der Waals surface area contributed by atoms with Crippen LogP contribution in [0.3, 0.4) is 0 Å². The Morgan fingerprint density at radius 3 is 2.83 bits per heavy atom. The van der Waals surface area contributed by atoms with Crippen molar-refractivity contribution in [3.8, 4) is 5.75 Å². The predicted molar refractivity (Wildman–Crippen MR) is 67.3 cm³/mol. The number of hydrogen-bond acceptors (Lipinski definition) is 4. The van der Waals surface area contributed by atoms with E-state index in [0.717, 1.165) is 5.01 Å². The van der Waals surface area contributed by atoms with Crippen molar-refractivity contribution in [2.24, 2.45) is 0 Å². The standard InChI is InChI=1S/C12H12FNO3S/c1-6(2)11-14-10-8(17-5-13)3-7(12(15)16)4-9(10)18-11/h3-4,6H,5H2,1-2H3,(H,15,16). The molecule has 0 aliphatic carbocycles. The quantitative estimate of drug-likeness (QED) is 0.923. The molecule has 1 heterocycles. The largest absolute Gasteiger partial charge is 0.478 e. The van der Waals surface area contributed by atoms with E-state index in [2.05, 4.69) is 4.98 Å². The minimum atomic E-state index is -1.07. The van der Waals surface area contributed by atoms with Gasteiger partial charge in [0, 0.05) is 5.92 Å². The SMILES string of the molecule is CC(C)c1nc2c(OCF)cc(C(=O)O)cc2s1. The van der Waals surface area contributed by atoms with Crippen molar-refractivity contribution in [2.45, 2.75) is 19.8 Å². The van der Waals surface area contributed by atoms with Crippen LogP contribution >= 0.6 is 11.3 Å². The van der Waals surface area contributed by atoms with Crippen molar-refractivity contribution in [3.63, 3.8) is 0 Å². The van der Waals surface area contributed by atoms with E-state index in [-0.39, 0.29) is 17.2 Å². The Kier molecular flexibility index (Phi) is 3.47. The number of thiazole rings is 1. The Hall–Kier alpha value is -1.69. The summed E-state index contributed by atoms with van der Waals surface area (Å²) in [5.74, 6) is -0.662. The molecule has 0 amide bonds. The Morgan fingerprint density at radius 2 is 2.28 bits per heavy atom. The number of ether oxygens (including phenoxy) is 1. The third kappa shape index (κ3) is 2.28. The number of benzene rings is 1. The maximum Gasteiger partial charge on any atom is 0.335 e. The topological polar surface area (TPSA) is 59.4 Å². The van der Waals surface area contributed by atoms with Crippen molar-refractivity contribution < 1.29 is 19.0 Å². The number of alkyl halides is 1. The first-order chi connectivity index (χ1) is 8.52. The minimum Gasteiger partial charge on any atom is -0.478 e. The van der Waals surface area contributed by atoms with E-state index < -0.39 is 12.8 Å². The van der Waals surface area contributed by atoms with Crippen LogP contribution in [0.25, 0.3) is 10.2 Å². The van der Waals surface area contributed by atoms with Gasteiger partial charge in [0.05, 0.1) is 15.3 Å². The number of halogens is 1. The lowest BCUT2D eigenvalue weighted by atomic mass is 10.2. The van der Waals surface area contributed by atoms with Gasteiger partial charge >= 0.3 is 5.97 Å². The lowest BCUT2D eigenvalue weighted by Gasteiger charge is -2.03. The fraction of sp³-hybridized carbons (Fsp3) is 0.333. The van der Waals surface area contributed by atoms with Gasteiger partial charge in [-0.1, -0.05) is 13.8 Å². The van der Waals surface area contributed by atoms with E-state index in [4.69, 9.17) is 9.84 Å². The summed E-state index contributed by atoms with van der Waals surface area (Å²) in [6.45, 7) is 2.98. The molecule has 0 fully saturated rings. The second-order valence-electron chi connectivity index (χ2n) is 4.09. The van der Waals surface area contributed by atoms with Crippen LogP contribution in [-0.4, -0.2) is 22.9 Å². The smallest absolute Gasteiger partial charge is 0.335 e. The number of rotatable bonds is 4. The fourth-order valence-electron chi connectivity index (χ4n) is 1.56. The number of carboxylic acids is 1. The highest BCUT2D eigenvalue weighted by Gasteiger charge is 2.15. The average molecular weight is 269 g/mol. The molecule has 4 nitrogen and oxygen atoms in total. The number of carbonyl (C=O) groups is 1. The number of hydrogen-bond donors (Lipinski definition) is 1. The highest BCUT2D eigenvalue weighted by atomic mass is 32.1. The Morgan fingerprint density at radius 1 is 1.56 bits per heavy atom. The van der Waals surface area contributed by atoms with Gasteiger partial charge in [0.25, 0.3) is 0 Å². The molecular formula is C12H12FNO3S. The molecule has 1 aromatic carbocycles. The van der Waals surface area contributed by atoms with Crippen molar-refractivity contribution in [1.29, 1.82) is 0 Å². The number of nitrogens with zero attached hydrogens (tertiary/aromatic N) is 1. The van der Waals surface area contributed by atoms with Gasteiger partial charge in [-0.2, -0.15) is 0 Å². The fourth-order valence-corrected chi connectivity index (χ4v) is 2.58. The summed E-state index contributed by atoms with van der Waals surface area (Å²) in [6.07, 6.45) is 0. The van der Waals surface area contributed by atoms with Crippen LogP contribution in [0.5, 0.6) is 5.75 Å². The first kappa shape index (κ1) is 12.8. The van der Waals surface area contributed by atoms with E-state index >= 15 is 0 Å². The third-order valence-electron chi connectivity index (χ3n) is 2.43. The molecule has 2 rings (SSSR count). The van der Waals surface area contributed by atoms with Crippen LogP contribution in [0.2, 0.25) is 0 Å². The summed E-state index contributed by atoms with van der Waals surface area (Å²) in [4.78, 5) is 15.3. The van der Waals surface area contributed by atoms with Crippen molar-refractivity contribution in [1.82, 2.24) is 4.98 Å². The van der Waals surface area contributed by atoms with E-state index in [1.165, 1.54) is 23.5 Å². The van der Waals surface area contributed by atoms with Gasteiger partial charge in [0.2, 0.25) is 6.86 Å². The molecule has 6 heteroatoms. The van der Waals surface area contributed by atoms with Crippen molar-refractivity contribution >= 4 is 27.5 Å². The van der Waals surface area contributed by atoms with Crippen molar-refractivity contribution in [3.05, 3.63) is 22.7 Å². The summed E-state index contributed by atoms with van der Waals surface area (Å²) in [5, 5.41) is 9.86. The third-order valence-corrected chi connectivity index (χ3v) is 3.73. The van der Waals surface area contributed by atoms with Crippen molar-refractivity contribution in [2.75, 3.05) is 6.86 Å². The maximum absolute atomic E-state index is 12.3. The van der Waals surface area contributed by atoms with Gasteiger partial charge in [0.1, 0.15) is 5.52 Å². The normalized spacial score (nSPS) is 11.1. The van der Waals surface area contributed by atoms with Gasteiger partial charge in [0.15, 0.2) is 5.75 Å². The molecular weight excluding hydrogens is 257 g/mol. The first-order valence-corrected chi connectivity index (χ1v) is 6.21. The number of fused-ring (bicyclic) bond motifs is 1. The summed E-state index contributed by atoms with van der Waals surface area (Å²) in [7, 11) is 0. The van der Waals surface area contributed by atoms with Gasteiger partial charge in [-0.05, 0) is 12.1 Å². The zero-order valence-electron chi connectivity index (χ0n) is 9.94. The summed E-state index contributed by atoms with van der Waals surface area (Å²) in [6, 6.07) is 2.83. The Balaban J connectivity index is 2.65. The van der Waals surface area contributed by atoms with Gasteiger partial charge < -0.3 is 9.84 Å². The molecule has 96 valence electrons. The van der Waals surface area contributed by atoms with Crippen LogP contribution in [0.15, 0.2) is 12.1 Å². The number of carboxylic acid groups (broad SMARTS) is 1. The molecule has 1 N–H and O–H groups in total. The second kappa shape index (κ2) is 4.89. The van der Waals surface area contributed by atoms with Crippen LogP contribution in [0.4, 0.5) is 4.39 Å². The zero-order chi connectivity index (χ0) is 13.3. The Labute approximate surface area is 107 Å². The summed E-state index contributed by atoms with van der Waals surface area (Å²) in [5.41, 5.74) is 0.594. The molecule has 0 atom stereocenters. The summed E-state index contributed by atoms with van der Waals surface area (Å²) >= 11 is 1.40. The molecule has 0 saturated carbocycles. The molecule has 2 aromatic rings. The lowest BCUT2D eigenvalue weighted by Crippen LogP contribution is -1.98. The Bertz CT molecular complexity index is 594.